The van der Waals surface area contributed by atoms with E-state index in [1.807, 2.05) is 31.2 Å². The van der Waals surface area contributed by atoms with E-state index in [1.165, 1.54) is 12.1 Å². The van der Waals surface area contributed by atoms with Crippen LogP contribution in [-0.4, -0.2) is 22.6 Å². The number of anilines is 2. The van der Waals surface area contributed by atoms with Gasteiger partial charge in [0, 0.05) is 18.4 Å². The van der Waals surface area contributed by atoms with E-state index in [-0.39, 0.29) is 30.1 Å². The van der Waals surface area contributed by atoms with Gasteiger partial charge in [-0.25, -0.2) is 14.2 Å². The molecule has 0 atom stereocenters. The fourth-order valence-corrected chi connectivity index (χ4v) is 2.85. The van der Waals surface area contributed by atoms with Gasteiger partial charge in [-0.05, 0) is 45.9 Å². The molecule has 0 bridgehead atoms. The van der Waals surface area contributed by atoms with Gasteiger partial charge >= 0.3 is 6.09 Å². The van der Waals surface area contributed by atoms with Crippen LogP contribution in [0.2, 0.25) is 0 Å². The van der Waals surface area contributed by atoms with Gasteiger partial charge < -0.3 is 14.5 Å². The molecular weight excluding hydrogens is 413 g/mol. The van der Waals surface area contributed by atoms with Crippen molar-refractivity contribution >= 4 is 23.4 Å². The third kappa shape index (κ3) is 6.66. The third-order valence-corrected chi connectivity index (χ3v) is 4.35. The summed E-state index contributed by atoms with van der Waals surface area (Å²) in [6.45, 7) is 7.19. The molecule has 0 saturated carbocycles. The number of halogens is 1. The van der Waals surface area contributed by atoms with E-state index < -0.39 is 17.5 Å². The average molecular weight is 439 g/mol. The average Bonchev–Trinajstić information content (AvgIpc) is 3.17. The van der Waals surface area contributed by atoms with Gasteiger partial charge in [-0.15, -0.1) is 0 Å². The summed E-state index contributed by atoms with van der Waals surface area (Å²) >= 11 is 0. The first-order valence-corrected chi connectivity index (χ1v) is 10.2. The number of carbonyl (C=O) groups excluding carboxylic acids is 2. The maximum atomic E-state index is 13.7. The van der Waals surface area contributed by atoms with Crippen molar-refractivity contribution in [2.75, 3.05) is 10.6 Å². The molecule has 0 aliphatic heterocycles. The normalized spacial score (nSPS) is 11.2. The van der Waals surface area contributed by atoms with Crippen LogP contribution in [-0.2, 0) is 16.0 Å². The fraction of sp³-hybridized carbons (Fsp3) is 0.292. The number of hydrogen-bond donors (Lipinski definition) is 2. The van der Waals surface area contributed by atoms with Crippen LogP contribution in [0.3, 0.4) is 0 Å². The number of carbonyl (C=O) groups is 2. The number of oxazole rings is 1. The molecule has 3 aromatic rings. The Morgan fingerprint density at radius 1 is 1.06 bits per heavy atom. The second-order valence-electron chi connectivity index (χ2n) is 8.35. The van der Waals surface area contributed by atoms with E-state index in [4.69, 9.17) is 9.15 Å². The molecule has 0 aliphatic rings. The van der Waals surface area contributed by atoms with Crippen molar-refractivity contribution in [1.82, 2.24) is 4.98 Å². The van der Waals surface area contributed by atoms with Crippen LogP contribution < -0.4 is 10.6 Å². The van der Waals surface area contributed by atoms with Gasteiger partial charge in [0.2, 0.25) is 5.91 Å². The molecule has 2 N–H and O–H groups in total. The maximum Gasteiger partial charge on any atom is 0.412 e. The smallest absolute Gasteiger partial charge is 0.412 e. The van der Waals surface area contributed by atoms with Crippen LogP contribution in [0.15, 0.2) is 53.1 Å². The molecular formula is C24H26FN3O4. The lowest BCUT2D eigenvalue weighted by Gasteiger charge is -2.20. The number of ether oxygens (including phenoxy) is 1. The number of aromatic nitrogens is 1. The van der Waals surface area contributed by atoms with Crippen molar-refractivity contribution < 1.29 is 23.1 Å². The number of rotatable bonds is 6. The number of benzene rings is 2. The summed E-state index contributed by atoms with van der Waals surface area (Å²) in [5.41, 5.74) is 1.71. The molecule has 0 fully saturated rings. The van der Waals surface area contributed by atoms with Crippen molar-refractivity contribution in [3.63, 3.8) is 0 Å². The Kier molecular flexibility index (Phi) is 6.92. The molecule has 32 heavy (non-hydrogen) atoms. The van der Waals surface area contributed by atoms with E-state index in [1.54, 1.807) is 27.0 Å². The second-order valence-corrected chi connectivity index (χ2v) is 8.35. The molecule has 3 rings (SSSR count). The number of aryl methyl sites for hydroxylation is 2. The summed E-state index contributed by atoms with van der Waals surface area (Å²) < 4.78 is 24.7. The highest BCUT2D eigenvalue weighted by molar-refractivity contribution is 5.97. The quantitative estimate of drug-likeness (QED) is 0.513. The predicted octanol–water partition coefficient (Wildman–Crippen LogP) is 5.71. The van der Waals surface area contributed by atoms with Crippen molar-refractivity contribution in [3.05, 3.63) is 65.9 Å². The maximum absolute atomic E-state index is 13.7. The summed E-state index contributed by atoms with van der Waals surface area (Å²) in [6.07, 6.45) is 1.24. The Morgan fingerprint density at radius 3 is 2.47 bits per heavy atom. The summed E-state index contributed by atoms with van der Waals surface area (Å²) in [7, 11) is 0. The highest BCUT2D eigenvalue weighted by Gasteiger charge is 2.18. The molecule has 0 aliphatic carbocycles. The number of nitrogens with one attached hydrogen (secondary N) is 2. The lowest BCUT2D eigenvalue weighted by Crippen LogP contribution is -2.27. The zero-order chi connectivity index (χ0) is 23.3. The molecule has 1 heterocycles. The van der Waals surface area contributed by atoms with E-state index in [9.17, 15) is 14.0 Å². The lowest BCUT2D eigenvalue weighted by molar-refractivity contribution is -0.116. The molecule has 0 radical (unpaired) electrons. The van der Waals surface area contributed by atoms with E-state index in [0.717, 1.165) is 17.2 Å². The van der Waals surface area contributed by atoms with E-state index >= 15 is 0 Å². The van der Waals surface area contributed by atoms with Crippen molar-refractivity contribution in [2.45, 2.75) is 46.1 Å². The molecule has 1 aromatic heterocycles. The molecule has 2 amide bonds. The summed E-state index contributed by atoms with van der Waals surface area (Å²) in [4.78, 5) is 28.7. The van der Waals surface area contributed by atoms with Crippen molar-refractivity contribution in [3.8, 4) is 11.3 Å². The molecule has 0 saturated heterocycles. The second kappa shape index (κ2) is 9.64. The van der Waals surface area contributed by atoms with Gasteiger partial charge in [0.15, 0.2) is 11.7 Å². The van der Waals surface area contributed by atoms with E-state index in [0.29, 0.717) is 11.7 Å². The van der Waals surface area contributed by atoms with Crippen molar-refractivity contribution in [1.29, 1.82) is 0 Å². The van der Waals surface area contributed by atoms with Crippen LogP contribution in [0.25, 0.3) is 11.3 Å². The van der Waals surface area contributed by atoms with Crippen LogP contribution in [0, 0.1) is 12.7 Å². The lowest BCUT2D eigenvalue weighted by atomic mass is 10.1. The number of amides is 2. The number of nitrogens with zero attached hydrogens (tertiary/aromatic N) is 1. The SMILES string of the molecule is Cc1ccc(-c2cnc(CCC(=O)Nc3cc(F)ccc3NC(=O)OC(C)(C)C)o2)cc1. The third-order valence-electron chi connectivity index (χ3n) is 4.35. The molecule has 0 unspecified atom stereocenters. The largest absolute Gasteiger partial charge is 0.444 e. The van der Waals surface area contributed by atoms with Crippen LogP contribution in [0.1, 0.15) is 38.6 Å². The van der Waals surface area contributed by atoms with E-state index in [2.05, 4.69) is 15.6 Å². The van der Waals surface area contributed by atoms with Gasteiger partial charge in [-0.2, -0.15) is 0 Å². The molecule has 8 heteroatoms. The van der Waals surface area contributed by atoms with Gasteiger partial charge in [0.05, 0.1) is 17.6 Å². The van der Waals surface area contributed by atoms with Gasteiger partial charge in [-0.3, -0.25) is 10.1 Å². The Morgan fingerprint density at radius 2 is 1.78 bits per heavy atom. The minimum Gasteiger partial charge on any atom is -0.444 e. The molecule has 168 valence electrons. The topological polar surface area (TPSA) is 93.5 Å². The Labute approximate surface area is 186 Å². The Balaban J connectivity index is 1.61. The fourth-order valence-electron chi connectivity index (χ4n) is 2.85. The van der Waals surface area contributed by atoms with Crippen LogP contribution in [0.4, 0.5) is 20.6 Å². The number of hydrogen-bond acceptors (Lipinski definition) is 5. The zero-order valence-electron chi connectivity index (χ0n) is 18.5. The first kappa shape index (κ1) is 23.0. The Bertz CT molecular complexity index is 1100. The highest BCUT2D eigenvalue weighted by Crippen LogP contribution is 2.25. The standard InChI is InChI=1S/C24H26FN3O4/c1-15-5-7-16(8-6-15)20-14-26-22(31-20)12-11-21(29)27-19-13-17(25)9-10-18(19)28-23(30)32-24(2,3)4/h5-10,13-14H,11-12H2,1-4H3,(H,27,29)(H,28,30). The van der Waals surface area contributed by atoms with Crippen LogP contribution in [0.5, 0.6) is 0 Å². The minimum absolute atomic E-state index is 0.0657. The van der Waals surface area contributed by atoms with Gasteiger partial charge in [0.1, 0.15) is 11.4 Å². The van der Waals surface area contributed by atoms with Gasteiger partial charge in [0.25, 0.3) is 0 Å². The first-order valence-electron chi connectivity index (χ1n) is 10.2. The monoisotopic (exact) mass is 439 g/mol. The minimum atomic E-state index is -0.706. The summed E-state index contributed by atoms with van der Waals surface area (Å²) in [5, 5.41) is 5.14. The molecule has 2 aromatic carbocycles. The predicted molar refractivity (Wildman–Crippen MR) is 120 cm³/mol. The first-order chi connectivity index (χ1) is 15.1. The molecule has 7 nitrogen and oxygen atoms in total. The highest BCUT2D eigenvalue weighted by atomic mass is 19.1. The van der Waals surface area contributed by atoms with Crippen LogP contribution >= 0.6 is 0 Å². The zero-order valence-corrected chi connectivity index (χ0v) is 18.5. The molecule has 0 spiro atoms. The summed E-state index contributed by atoms with van der Waals surface area (Å²) in [5.74, 6) is 0.111. The van der Waals surface area contributed by atoms with Crippen molar-refractivity contribution in [2.24, 2.45) is 0 Å². The summed E-state index contributed by atoms with van der Waals surface area (Å²) in [6, 6.07) is 11.5. The van der Waals surface area contributed by atoms with Gasteiger partial charge in [-0.1, -0.05) is 29.8 Å². The Hall–Kier alpha value is -3.68.